The number of aliphatic hydroxyl groups excluding tert-OH is 1. The quantitative estimate of drug-likeness (QED) is 0.270. The topological polar surface area (TPSA) is 29.5 Å². The van der Waals surface area contributed by atoms with Crippen LogP contribution in [0.2, 0.25) is 16.6 Å². The number of hydrogen-bond donors (Lipinski definition) is 1. The van der Waals surface area contributed by atoms with E-state index in [4.69, 9.17) is 4.43 Å². The van der Waals surface area contributed by atoms with Crippen molar-refractivity contribution in [3.63, 3.8) is 0 Å². The Kier molecular flexibility index (Phi) is 7.87. The minimum atomic E-state index is -1.81. The lowest BCUT2D eigenvalue weighted by atomic mass is 9.44. The van der Waals surface area contributed by atoms with E-state index in [2.05, 4.69) is 82.2 Å². The van der Waals surface area contributed by atoms with E-state index in [1.54, 1.807) is 5.57 Å². The predicted octanol–water partition coefficient (Wildman–Crippen LogP) is 9.39. The summed E-state index contributed by atoms with van der Waals surface area (Å²) < 4.78 is 7.14. The van der Waals surface area contributed by atoms with Gasteiger partial charge in [-0.1, -0.05) is 87.8 Å². The molecule has 0 radical (unpaired) electrons. The first-order chi connectivity index (χ1) is 16.6. The monoisotopic (exact) mass is 516 g/mol. The predicted molar refractivity (Wildman–Crippen MR) is 157 cm³/mol. The van der Waals surface area contributed by atoms with Crippen LogP contribution in [0.1, 0.15) is 121 Å². The van der Waals surface area contributed by atoms with E-state index in [0.717, 1.165) is 36.7 Å². The van der Waals surface area contributed by atoms with Gasteiger partial charge in [0, 0.05) is 12.0 Å². The zero-order chi connectivity index (χ0) is 26.8. The molecule has 4 aliphatic carbocycles. The van der Waals surface area contributed by atoms with Crippen LogP contribution in [0.5, 0.6) is 0 Å². The van der Waals surface area contributed by atoms with Crippen molar-refractivity contribution in [2.45, 2.75) is 144 Å². The molecule has 0 amide bonds. The maximum absolute atomic E-state index is 10.8. The van der Waals surface area contributed by atoms with Crippen molar-refractivity contribution < 1.29 is 9.53 Å². The van der Waals surface area contributed by atoms with Crippen molar-refractivity contribution in [3.8, 4) is 0 Å². The van der Waals surface area contributed by atoms with Crippen molar-refractivity contribution in [3.05, 3.63) is 11.6 Å². The lowest BCUT2D eigenvalue weighted by Crippen LogP contribution is -2.54. The van der Waals surface area contributed by atoms with Gasteiger partial charge < -0.3 is 9.53 Å². The first kappa shape index (κ1) is 28.9. The highest BCUT2D eigenvalue weighted by atomic mass is 28.4. The second kappa shape index (κ2) is 9.81. The van der Waals surface area contributed by atoms with Gasteiger partial charge in [0.15, 0.2) is 8.32 Å². The average Bonchev–Trinajstić information content (AvgIpc) is 3.13. The SMILES string of the molecule is CC(C)[Si](OC[C@@H](C)[C@H]1CC[C@H]2[C@@H]3CC=C4C(C)(C)[C@@H](O)CC[C@]4(C)[C@H]3CC[C@]12C)(C(C)C)C(C)C. The van der Waals surface area contributed by atoms with Gasteiger partial charge in [-0.25, -0.2) is 0 Å². The fraction of sp³-hybridized carbons (Fsp3) is 0.939. The molecule has 0 unspecified atom stereocenters. The van der Waals surface area contributed by atoms with Crippen LogP contribution in [-0.2, 0) is 4.43 Å². The molecule has 3 fully saturated rings. The van der Waals surface area contributed by atoms with Crippen molar-refractivity contribution in [2.75, 3.05) is 6.61 Å². The second-order valence-electron chi connectivity index (χ2n) is 15.8. The van der Waals surface area contributed by atoms with Crippen LogP contribution in [0, 0.1) is 45.8 Å². The molecule has 0 aromatic carbocycles. The summed E-state index contributed by atoms with van der Waals surface area (Å²) in [5, 5.41) is 10.8. The van der Waals surface area contributed by atoms with Crippen LogP contribution in [0.25, 0.3) is 0 Å². The van der Waals surface area contributed by atoms with E-state index >= 15 is 0 Å². The standard InChI is InChI=1S/C33H60O2Si/c1-21(2)36(22(3)4,23(5)6)35-20-24(7)26-13-14-27-25-12-15-29-31(8,9)30(34)17-19-33(29,11)28(25)16-18-32(26,27)10/h15,21-28,30,34H,12-14,16-20H2,1-11H3/t24-,25+,26-,27+,28+,30+,32-,33-/m1/s1. The zero-order valence-corrected chi connectivity index (χ0v) is 26.8. The number of fused-ring (bicyclic) bond motifs is 5. The molecule has 0 heterocycles. The minimum Gasteiger partial charge on any atom is -0.416 e. The number of hydrogen-bond acceptors (Lipinski definition) is 2. The van der Waals surface area contributed by atoms with Gasteiger partial charge >= 0.3 is 0 Å². The first-order valence-corrected chi connectivity index (χ1v) is 17.8. The highest BCUT2D eigenvalue weighted by Crippen LogP contribution is 2.68. The third-order valence-electron chi connectivity index (χ3n) is 13.0. The van der Waals surface area contributed by atoms with Gasteiger partial charge in [0.05, 0.1) is 6.10 Å². The van der Waals surface area contributed by atoms with Gasteiger partial charge in [0.25, 0.3) is 0 Å². The van der Waals surface area contributed by atoms with E-state index in [0.29, 0.717) is 28.0 Å². The van der Waals surface area contributed by atoms with E-state index in [-0.39, 0.29) is 16.9 Å². The van der Waals surface area contributed by atoms with Crippen LogP contribution >= 0.6 is 0 Å². The molecule has 4 rings (SSSR count). The van der Waals surface area contributed by atoms with Crippen molar-refractivity contribution >= 4 is 8.32 Å². The number of rotatable bonds is 7. The van der Waals surface area contributed by atoms with Crippen LogP contribution < -0.4 is 0 Å². The lowest BCUT2D eigenvalue weighted by Gasteiger charge is -2.61. The fourth-order valence-corrected chi connectivity index (χ4v) is 16.8. The smallest absolute Gasteiger partial charge is 0.200 e. The van der Waals surface area contributed by atoms with Crippen molar-refractivity contribution in [2.24, 2.45) is 45.8 Å². The Morgan fingerprint density at radius 3 is 2.06 bits per heavy atom. The Morgan fingerprint density at radius 2 is 1.47 bits per heavy atom. The Bertz CT molecular complexity index is 806. The summed E-state index contributed by atoms with van der Waals surface area (Å²) in [6, 6.07) is 0. The first-order valence-electron chi connectivity index (χ1n) is 15.7. The second-order valence-corrected chi connectivity index (χ2v) is 21.2. The minimum absolute atomic E-state index is 0.0670. The van der Waals surface area contributed by atoms with E-state index in [1.807, 2.05) is 0 Å². The van der Waals surface area contributed by atoms with E-state index < -0.39 is 8.32 Å². The van der Waals surface area contributed by atoms with Crippen LogP contribution in [0.15, 0.2) is 11.6 Å². The Balaban J connectivity index is 1.53. The Morgan fingerprint density at radius 1 is 0.861 bits per heavy atom. The molecule has 208 valence electrons. The summed E-state index contributed by atoms with van der Waals surface area (Å²) in [6.07, 6.45) is 11.4. The Labute approximate surface area is 225 Å². The molecule has 0 saturated heterocycles. The highest BCUT2D eigenvalue weighted by molar-refractivity contribution is 6.77. The summed E-state index contributed by atoms with van der Waals surface area (Å²) >= 11 is 0. The molecule has 2 nitrogen and oxygen atoms in total. The molecule has 3 heteroatoms. The van der Waals surface area contributed by atoms with Gasteiger partial charge in [-0.15, -0.1) is 0 Å². The van der Waals surface area contributed by atoms with Gasteiger partial charge in [-0.05, 0) is 102 Å². The number of aliphatic hydroxyl groups is 1. The summed E-state index contributed by atoms with van der Waals surface area (Å²) in [6.45, 7) is 27.9. The lowest BCUT2D eigenvalue weighted by molar-refractivity contribution is -0.0795. The maximum Gasteiger partial charge on any atom is 0.200 e. The Hall–Kier alpha value is -0.123. The molecule has 0 bridgehead atoms. The summed E-state index contributed by atoms with van der Waals surface area (Å²) in [7, 11) is -1.81. The normalized spacial score (nSPS) is 41.2. The largest absolute Gasteiger partial charge is 0.416 e. The zero-order valence-electron chi connectivity index (χ0n) is 25.8. The van der Waals surface area contributed by atoms with Gasteiger partial charge in [0.2, 0.25) is 0 Å². The van der Waals surface area contributed by atoms with Crippen molar-refractivity contribution in [1.29, 1.82) is 0 Å². The molecule has 3 saturated carbocycles. The third-order valence-corrected chi connectivity index (χ3v) is 19.1. The molecule has 36 heavy (non-hydrogen) atoms. The molecule has 0 spiro atoms. The van der Waals surface area contributed by atoms with E-state index in [1.165, 1.54) is 38.5 Å². The van der Waals surface area contributed by atoms with Crippen LogP contribution in [-0.4, -0.2) is 26.1 Å². The van der Waals surface area contributed by atoms with Crippen LogP contribution in [0.3, 0.4) is 0 Å². The molecule has 0 aliphatic heterocycles. The van der Waals surface area contributed by atoms with Crippen LogP contribution in [0.4, 0.5) is 0 Å². The van der Waals surface area contributed by atoms with Gasteiger partial charge in [-0.3, -0.25) is 0 Å². The average molecular weight is 517 g/mol. The fourth-order valence-electron chi connectivity index (χ4n) is 11.3. The van der Waals surface area contributed by atoms with Gasteiger partial charge in [0.1, 0.15) is 0 Å². The van der Waals surface area contributed by atoms with E-state index in [9.17, 15) is 5.11 Å². The maximum atomic E-state index is 10.8. The number of allylic oxidation sites excluding steroid dienone is 1. The highest BCUT2D eigenvalue weighted by Gasteiger charge is 2.61. The molecule has 0 aromatic heterocycles. The summed E-state index contributed by atoms with van der Waals surface area (Å²) in [5.41, 5.74) is 4.26. The molecule has 1 N–H and O–H groups in total. The molecular formula is C33H60O2Si. The van der Waals surface area contributed by atoms with Gasteiger partial charge in [-0.2, -0.15) is 0 Å². The molecule has 0 aromatic rings. The molecule has 4 aliphatic rings. The third kappa shape index (κ3) is 4.15. The molecule has 8 atom stereocenters. The summed E-state index contributed by atoms with van der Waals surface area (Å²) in [4.78, 5) is 0. The molecular weight excluding hydrogens is 456 g/mol. The van der Waals surface area contributed by atoms with Crippen molar-refractivity contribution in [1.82, 2.24) is 0 Å². The summed E-state index contributed by atoms with van der Waals surface area (Å²) in [5.74, 6) is 3.93.